The largest absolute Gasteiger partial charge is 0.477 e. The van der Waals surface area contributed by atoms with Gasteiger partial charge in [-0.05, 0) is 12.1 Å². The molecule has 9 nitrogen and oxygen atoms in total. The molecule has 2 N–H and O–H groups in total. The SMILES string of the molecule is COC(c1nn[nH]n1)c1cccc2ncc(C(=O)O)n12. The zero-order valence-electron chi connectivity index (χ0n) is 10.4. The van der Waals surface area contributed by atoms with Crippen LogP contribution in [0.15, 0.2) is 24.4 Å². The van der Waals surface area contributed by atoms with Crippen molar-refractivity contribution in [1.29, 1.82) is 0 Å². The maximum Gasteiger partial charge on any atom is 0.354 e. The van der Waals surface area contributed by atoms with Crippen molar-refractivity contribution in [1.82, 2.24) is 30.0 Å². The first-order valence-electron chi connectivity index (χ1n) is 5.68. The summed E-state index contributed by atoms with van der Waals surface area (Å²) >= 11 is 0. The van der Waals surface area contributed by atoms with E-state index in [9.17, 15) is 9.90 Å². The number of fused-ring (bicyclic) bond motifs is 1. The van der Waals surface area contributed by atoms with Crippen LogP contribution in [0.5, 0.6) is 0 Å². The minimum absolute atomic E-state index is 0.0427. The molecule has 20 heavy (non-hydrogen) atoms. The molecule has 0 aliphatic heterocycles. The first-order valence-corrected chi connectivity index (χ1v) is 5.68. The fourth-order valence-electron chi connectivity index (χ4n) is 2.06. The van der Waals surface area contributed by atoms with Crippen LogP contribution in [-0.2, 0) is 4.74 Å². The number of nitrogens with one attached hydrogen (secondary N) is 1. The van der Waals surface area contributed by atoms with Crippen LogP contribution < -0.4 is 0 Å². The molecule has 0 radical (unpaired) electrons. The lowest BCUT2D eigenvalue weighted by atomic mass is 10.2. The highest BCUT2D eigenvalue weighted by atomic mass is 16.5. The standard InChI is InChI=1S/C11H10N6O3/c1-20-9(10-13-15-16-14-10)6-3-2-4-8-12-5-7(11(18)19)17(6)8/h2-5,9H,1H3,(H,18,19)(H,13,14,15,16). The number of methoxy groups -OCH3 is 1. The van der Waals surface area contributed by atoms with E-state index in [1.54, 1.807) is 18.2 Å². The number of carboxylic acid groups (broad SMARTS) is 1. The summed E-state index contributed by atoms with van der Waals surface area (Å²) in [5.41, 5.74) is 1.10. The van der Waals surface area contributed by atoms with E-state index in [2.05, 4.69) is 25.6 Å². The third-order valence-electron chi connectivity index (χ3n) is 2.88. The number of carboxylic acids is 1. The fraction of sp³-hybridized carbons (Fsp3) is 0.182. The molecule has 102 valence electrons. The summed E-state index contributed by atoms with van der Waals surface area (Å²) in [4.78, 5) is 15.3. The molecule has 0 saturated heterocycles. The van der Waals surface area contributed by atoms with Gasteiger partial charge in [-0.15, -0.1) is 10.2 Å². The molecule has 0 bridgehead atoms. The highest BCUT2D eigenvalue weighted by Crippen LogP contribution is 2.24. The Hall–Kier alpha value is -2.81. The molecule has 1 atom stereocenters. The van der Waals surface area contributed by atoms with Gasteiger partial charge in [0.1, 0.15) is 5.65 Å². The fourth-order valence-corrected chi connectivity index (χ4v) is 2.06. The van der Waals surface area contributed by atoms with Crippen molar-refractivity contribution in [3.63, 3.8) is 0 Å². The van der Waals surface area contributed by atoms with E-state index in [-0.39, 0.29) is 5.69 Å². The van der Waals surface area contributed by atoms with Gasteiger partial charge >= 0.3 is 5.97 Å². The molecule has 0 aliphatic carbocycles. The zero-order valence-corrected chi connectivity index (χ0v) is 10.4. The molecule has 0 fully saturated rings. The van der Waals surface area contributed by atoms with Crippen molar-refractivity contribution < 1.29 is 14.6 Å². The maximum absolute atomic E-state index is 11.3. The van der Waals surface area contributed by atoms with Crippen LogP contribution in [0.4, 0.5) is 0 Å². The molecule has 9 heteroatoms. The van der Waals surface area contributed by atoms with Gasteiger partial charge in [0.15, 0.2) is 11.8 Å². The third kappa shape index (κ3) is 1.80. The Morgan fingerprint density at radius 1 is 1.50 bits per heavy atom. The van der Waals surface area contributed by atoms with Gasteiger partial charge in [0.2, 0.25) is 5.82 Å². The number of H-pyrrole nitrogens is 1. The average Bonchev–Trinajstić information content (AvgIpc) is 3.08. The summed E-state index contributed by atoms with van der Waals surface area (Å²) < 4.78 is 6.86. The number of ether oxygens (including phenoxy) is 1. The Morgan fingerprint density at radius 3 is 3.00 bits per heavy atom. The summed E-state index contributed by atoms with van der Waals surface area (Å²) in [5.74, 6) is -0.766. The molecule has 0 aromatic carbocycles. The molecule has 1 unspecified atom stereocenters. The topological polar surface area (TPSA) is 118 Å². The van der Waals surface area contributed by atoms with E-state index in [1.165, 1.54) is 17.7 Å². The first kappa shape index (κ1) is 12.2. The van der Waals surface area contributed by atoms with Crippen molar-refractivity contribution >= 4 is 11.6 Å². The van der Waals surface area contributed by atoms with E-state index in [1.807, 2.05) is 0 Å². The van der Waals surface area contributed by atoms with Crippen LogP contribution in [0.25, 0.3) is 5.65 Å². The minimum Gasteiger partial charge on any atom is -0.477 e. The molecule has 0 spiro atoms. The number of aromatic nitrogens is 6. The number of nitrogens with zero attached hydrogens (tertiary/aromatic N) is 5. The molecule has 3 aromatic heterocycles. The van der Waals surface area contributed by atoms with Crippen molar-refractivity contribution in [2.24, 2.45) is 0 Å². The molecule has 3 aromatic rings. The smallest absolute Gasteiger partial charge is 0.354 e. The lowest BCUT2D eigenvalue weighted by Gasteiger charge is -2.14. The summed E-state index contributed by atoms with van der Waals surface area (Å²) in [5, 5.41) is 22.8. The van der Waals surface area contributed by atoms with Crippen LogP contribution in [0.2, 0.25) is 0 Å². The minimum atomic E-state index is -1.08. The number of imidazole rings is 1. The number of tetrazole rings is 1. The maximum atomic E-state index is 11.3. The second kappa shape index (κ2) is 4.70. The first-order chi connectivity index (χ1) is 9.72. The molecule has 0 aliphatic rings. The third-order valence-corrected chi connectivity index (χ3v) is 2.88. The molecule has 3 heterocycles. The number of aromatic carboxylic acids is 1. The van der Waals surface area contributed by atoms with Gasteiger partial charge in [-0.25, -0.2) is 9.78 Å². The van der Waals surface area contributed by atoms with E-state index >= 15 is 0 Å². The van der Waals surface area contributed by atoms with Gasteiger partial charge in [0.25, 0.3) is 0 Å². The number of pyridine rings is 1. The normalized spacial score (nSPS) is 12.7. The number of hydrogen-bond donors (Lipinski definition) is 2. The summed E-state index contributed by atoms with van der Waals surface area (Å²) in [7, 11) is 1.48. The second-order valence-corrected chi connectivity index (χ2v) is 3.98. The summed E-state index contributed by atoms with van der Waals surface area (Å²) in [6, 6.07) is 5.19. The van der Waals surface area contributed by atoms with Crippen molar-refractivity contribution in [3.05, 3.63) is 41.6 Å². The zero-order chi connectivity index (χ0) is 14.1. The van der Waals surface area contributed by atoms with Crippen molar-refractivity contribution in [3.8, 4) is 0 Å². The van der Waals surface area contributed by atoms with E-state index in [0.29, 0.717) is 17.2 Å². The highest BCUT2D eigenvalue weighted by molar-refractivity contribution is 5.86. The van der Waals surface area contributed by atoms with Crippen LogP contribution in [0.3, 0.4) is 0 Å². The van der Waals surface area contributed by atoms with Crippen molar-refractivity contribution in [2.75, 3.05) is 7.11 Å². The summed E-state index contributed by atoms with van der Waals surface area (Å²) in [6.07, 6.45) is 0.647. The van der Waals surface area contributed by atoms with Crippen LogP contribution in [-0.4, -0.2) is 48.2 Å². The molecule has 3 rings (SSSR count). The van der Waals surface area contributed by atoms with Crippen LogP contribution in [0, 0.1) is 0 Å². The lowest BCUT2D eigenvalue weighted by Crippen LogP contribution is -2.13. The number of carbonyl (C=O) groups is 1. The Kier molecular flexibility index (Phi) is 2.88. The van der Waals surface area contributed by atoms with Crippen LogP contribution >= 0.6 is 0 Å². The van der Waals surface area contributed by atoms with Crippen molar-refractivity contribution in [2.45, 2.75) is 6.10 Å². The Labute approximate surface area is 112 Å². The van der Waals surface area contributed by atoms with Gasteiger partial charge in [-0.1, -0.05) is 11.3 Å². The predicted molar refractivity (Wildman–Crippen MR) is 65.2 cm³/mol. The van der Waals surface area contributed by atoms with Gasteiger partial charge in [0.05, 0.1) is 11.9 Å². The van der Waals surface area contributed by atoms with E-state index in [0.717, 1.165) is 0 Å². The van der Waals surface area contributed by atoms with Crippen LogP contribution in [0.1, 0.15) is 28.1 Å². The molecule has 0 amide bonds. The second-order valence-electron chi connectivity index (χ2n) is 3.98. The number of aromatic amines is 1. The quantitative estimate of drug-likeness (QED) is 0.701. The Morgan fingerprint density at radius 2 is 2.35 bits per heavy atom. The van der Waals surface area contributed by atoms with Gasteiger partial charge in [-0.2, -0.15) is 5.21 Å². The molecular weight excluding hydrogens is 264 g/mol. The van der Waals surface area contributed by atoms with Gasteiger partial charge in [-0.3, -0.25) is 4.40 Å². The number of hydrogen-bond acceptors (Lipinski definition) is 6. The van der Waals surface area contributed by atoms with E-state index < -0.39 is 12.1 Å². The monoisotopic (exact) mass is 274 g/mol. The number of rotatable bonds is 4. The lowest BCUT2D eigenvalue weighted by molar-refractivity contribution is 0.0687. The molecular formula is C11H10N6O3. The average molecular weight is 274 g/mol. The Bertz CT molecular complexity index is 751. The molecule has 0 saturated carbocycles. The van der Waals surface area contributed by atoms with E-state index in [4.69, 9.17) is 4.74 Å². The Balaban J connectivity index is 2.24. The van der Waals surface area contributed by atoms with Gasteiger partial charge < -0.3 is 9.84 Å². The predicted octanol–water partition coefficient (Wildman–Crippen LogP) is 0.281. The van der Waals surface area contributed by atoms with Gasteiger partial charge in [0, 0.05) is 7.11 Å². The summed E-state index contributed by atoms with van der Waals surface area (Å²) in [6.45, 7) is 0. The highest BCUT2D eigenvalue weighted by Gasteiger charge is 2.23.